The number of fused-ring (bicyclic) bond motifs is 1. The summed E-state index contributed by atoms with van der Waals surface area (Å²) in [5.74, 6) is -0.846. The zero-order valence-corrected chi connectivity index (χ0v) is 22.7. The number of likely N-dealkylation sites (N-methyl/N-ethyl adjacent to an activating group) is 1. The summed E-state index contributed by atoms with van der Waals surface area (Å²) in [5.41, 5.74) is 8.25. The van der Waals surface area contributed by atoms with Crippen LogP contribution >= 0.6 is 0 Å². The van der Waals surface area contributed by atoms with E-state index in [0.717, 1.165) is 51.9 Å². The van der Waals surface area contributed by atoms with Crippen LogP contribution in [0.25, 0.3) is 33.3 Å². The van der Waals surface area contributed by atoms with Gasteiger partial charge in [-0.2, -0.15) is 0 Å². The molecule has 0 spiro atoms. The van der Waals surface area contributed by atoms with E-state index < -0.39 is 17.9 Å². The second kappa shape index (κ2) is 10.9. The lowest BCUT2D eigenvalue weighted by Crippen LogP contribution is -2.49. The third kappa shape index (κ3) is 5.60. The summed E-state index contributed by atoms with van der Waals surface area (Å²) in [6.07, 6.45) is 2.68. The number of benzene rings is 2. The number of halogens is 4. The molecule has 41 heavy (non-hydrogen) atoms. The third-order valence-electron chi connectivity index (χ3n) is 8.44. The van der Waals surface area contributed by atoms with Crippen LogP contribution in [0.15, 0.2) is 55.0 Å². The van der Waals surface area contributed by atoms with Crippen LogP contribution in [0.1, 0.15) is 31.7 Å². The standard InChI is InChI=1S/C30H32F4N6O/c1-38-12-14-39(15-13-38)20-7-9-21(10-8-20)40-17-24(27-28(35)36-18-37-29(27)40)19-6-11-22(25(31)16-19)23-4-2-3-5-26(23)41-30(32,33)34/h2-6,11,16-18,20-21H,7-10,12-15H2,1H3,(H2,35,36,37). The van der Waals surface area contributed by atoms with Crippen molar-refractivity contribution in [1.29, 1.82) is 0 Å². The van der Waals surface area contributed by atoms with E-state index in [1.54, 1.807) is 6.07 Å². The molecule has 216 valence electrons. The number of ether oxygens (including phenoxy) is 1. The highest BCUT2D eigenvalue weighted by Crippen LogP contribution is 2.41. The van der Waals surface area contributed by atoms with Gasteiger partial charge in [-0.1, -0.05) is 30.3 Å². The molecule has 1 aliphatic heterocycles. The number of aromatic nitrogens is 3. The number of nitrogen functional groups attached to an aromatic ring is 1. The molecule has 2 fully saturated rings. The Morgan fingerprint density at radius 2 is 1.59 bits per heavy atom. The Balaban J connectivity index is 1.30. The smallest absolute Gasteiger partial charge is 0.405 e. The van der Waals surface area contributed by atoms with Crippen molar-refractivity contribution in [3.05, 3.63) is 60.8 Å². The number of nitrogens with zero attached hydrogens (tertiary/aromatic N) is 5. The molecule has 0 bridgehead atoms. The Kier molecular flexibility index (Phi) is 7.33. The summed E-state index contributed by atoms with van der Waals surface area (Å²) in [5, 5.41) is 0.640. The normalized spacial score (nSPS) is 20.9. The quantitative estimate of drug-likeness (QED) is 0.293. The van der Waals surface area contributed by atoms with Crippen molar-refractivity contribution in [2.45, 2.75) is 44.1 Å². The van der Waals surface area contributed by atoms with Crippen molar-refractivity contribution in [2.24, 2.45) is 0 Å². The van der Waals surface area contributed by atoms with Gasteiger partial charge in [-0.05, 0) is 50.4 Å². The minimum absolute atomic E-state index is 0.00351. The van der Waals surface area contributed by atoms with Crippen LogP contribution in [-0.2, 0) is 0 Å². The molecule has 1 saturated heterocycles. The lowest BCUT2D eigenvalue weighted by atomic mass is 9.89. The van der Waals surface area contributed by atoms with Gasteiger partial charge in [0.15, 0.2) is 0 Å². The molecule has 4 aromatic rings. The zero-order valence-electron chi connectivity index (χ0n) is 22.7. The Bertz CT molecular complexity index is 1540. The molecule has 0 unspecified atom stereocenters. The van der Waals surface area contributed by atoms with E-state index in [2.05, 4.69) is 36.1 Å². The Morgan fingerprint density at radius 1 is 0.878 bits per heavy atom. The highest BCUT2D eigenvalue weighted by Gasteiger charge is 2.33. The molecule has 2 aliphatic rings. The second-order valence-corrected chi connectivity index (χ2v) is 10.9. The minimum atomic E-state index is -4.89. The maximum Gasteiger partial charge on any atom is 0.573 e. The van der Waals surface area contributed by atoms with E-state index >= 15 is 4.39 Å². The van der Waals surface area contributed by atoms with Gasteiger partial charge in [0.25, 0.3) is 0 Å². The van der Waals surface area contributed by atoms with Gasteiger partial charge in [-0.15, -0.1) is 13.2 Å². The first-order chi connectivity index (χ1) is 19.7. The number of anilines is 1. The SMILES string of the molecule is CN1CCN(C2CCC(n3cc(-c4ccc(-c5ccccc5OC(F)(F)F)c(F)c4)c4c(N)ncnc43)CC2)CC1. The van der Waals surface area contributed by atoms with Crippen LogP contribution in [0.2, 0.25) is 0 Å². The lowest BCUT2D eigenvalue weighted by molar-refractivity contribution is -0.274. The summed E-state index contributed by atoms with van der Waals surface area (Å²) >= 11 is 0. The van der Waals surface area contributed by atoms with Crippen LogP contribution in [0, 0.1) is 5.82 Å². The van der Waals surface area contributed by atoms with Gasteiger partial charge >= 0.3 is 6.36 Å². The molecule has 1 aliphatic carbocycles. The van der Waals surface area contributed by atoms with Crippen molar-refractivity contribution >= 4 is 16.9 Å². The molecule has 6 rings (SSSR count). The second-order valence-electron chi connectivity index (χ2n) is 10.9. The van der Waals surface area contributed by atoms with Crippen molar-refractivity contribution in [3.8, 4) is 28.0 Å². The number of piperazine rings is 1. The molecular formula is C30H32F4N6O. The van der Waals surface area contributed by atoms with E-state index in [-0.39, 0.29) is 17.2 Å². The van der Waals surface area contributed by atoms with E-state index in [0.29, 0.717) is 34.0 Å². The largest absolute Gasteiger partial charge is 0.573 e. The Morgan fingerprint density at radius 3 is 2.29 bits per heavy atom. The van der Waals surface area contributed by atoms with Crippen LogP contribution in [0.4, 0.5) is 23.4 Å². The van der Waals surface area contributed by atoms with Crippen LogP contribution < -0.4 is 10.5 Å². The fourth-order valence-electron chi connectivity index (χ4n) is 6.30. The summed E-state index contributed by atoms with van der Waals surface area (Å²) in [7, 11) is 2.16. The maximum absolute atomic E-state index is 15.5. The van der Waals surface area contributed by atoms with Crippen LogP contribution in [0.5, 0.6) is 5.75 Å². The first kappa shape index (κ1) is 27.5. The van der Waals surface area contributed by atoms with Crippen molar-refractivity contribution in [1.82, 2.24) is 24.3 Å². The molecule has 0 atom stereocenters. The Labute approximate surface area is 235 Å². The van der Waals surface area contributed by atoms with Gasteiger partial charge in [0.2, 0.25) is 0 Å². The predicted molar refractivity (Wildman–Crippen MR) is 150 cm³/mol. The molecule has 1 saturated carbocycles. The molecule has 2 aromatic carbocycles. The van der Waals surface area contributed by atoms with E-state index in [4.69, 9.17) is 5.73 Å². The zero-order chi connectivity index (χ0) is 28.7. The fraction of sp³-hybridized carbons (Fsp3) is 0.400. The average Bonchev–Trinajstić information content (AvgIpc) is 3.34. The van der Waals surface area contributed by atoms with Gasteiger partial charge in [0.05, 0.1) is 5.39 Å². The number of hydrogen-bond donors (Lipinski definition) is 1. The van der Waals surface area contributed by atoms with Crippen LogP contribution in [-0.4, -0.2) is 70.0 Å². The van der Waals surface area contributed by atoms with Gasteiger partial charge in [-0.3, -0.25) is 4.90 Å². The number of alkyl halides is 3. The van der Waals surface area contributed by atoms with Crippen molar-refractivity contribution in [3.63, 3.8) is 0 Å². The lowest BCUT2D eigenvalue weighted by Gasteiger charge is -2.41. The molecule has 0 amide bonds. The topological polar surface area (TPSA) is 72.4 Å². The molecule has 2 aromatic heterocycles. The number of nitrogens with two attached hydrogens (primary N) is 1. The average molecular weight is 569 g/mol. The fourth-order valence-corrected chi connectivity index (χ4v) is 6.30. The van der Waals surface area contributed by atoms with E-state index in [1.165, 1.54) is 42.7 Å². The maximum atomic E-state index is 15.5. The van der Waals surface area contributed by atoms with Crippen molar-refractivity contribution in [2.75, 3.05) is 39.0 Å². The highest BCUT2D eigenvalue weighted by atomic mass is 19.4. The predicted octanol–water partition coefficient (Wildman–Crippen LogP) is 6.12. The summed E-state index contributed by atoms with van der Waals surface area (Å²) < 4.78 is 60.7. The van der Waals surface area contributed by atoms with Gasteiger partial charge in [-0.25, -0.2) is 14.4 Å². The van der Waals surface area contributed by atoms with Crippen molar-refractivity contribution < 1.29 is 22.3 Å². The molecule has 7 nitrogen and oxygen atoms in total. The summed E-state index contributed by atoms with van der Waals surface area (Å²) in [6, 6.07) is 10.8. The number of hydrogen-bond acceptors (Lipinski definition) is 6. The Hall–Kier alpha value is -3.70. The first-order valence-corrected chi connectivity index (χ1v) is 13.9. The van der Waals surface area contributed by atoms with Gasteiger partial charge in [0, 0.05) is 61.1 Å². The molecular weight excluding hydrogens is 536 g/mol. The highest BCUT2D eigenvalue weighted by molar-refractivity contribution is 6.01. The first-order valence-electron chi connectivity index (χ1n) is 13.9. The number of rotatable bonds is 5. The van der Waals surface area contributed by atoms with Crippen LogP contribution in [0.3, 0.4) is 0 Å². The molecule has 2 N–H and O–H groups in total. The monoisotopic (exact) mass is 568 g/mol. The van der Waals surface area contributed by atoms with Gasteiger partial charge < -0.3 is 19.9 Å². The molecule has 11 heteroatoms. The minimum Gasteiger partial charge on any atom is -0.405 e. The third-order valence-corrected chi connectivity index (χ3v) is 8.44. The van der Waals surface area contributed by atoms with E-state index in [1.807, 2.05) is 6.20 Å². The van der Waals surface area contributed by atoms with E-state index in [9.17, 15) is 13.2 Å². The molecule has 3 heterocycles. The number of para-hydroxylation sites is 1. The summed E-state index contributed by atoms with van der Waals surface area (Å²) in [4.78, 5) is 13.7. The summed E-state index contributed by atoms with van der Waals surface area (Å²) in [6.45, 7) is 4.39. The molecule has 0 radical (unpaired) electrons. The van der Waals surface area contributed by atoms with Gasteiger partial charge in [0.1, 0.15) is 29.4 Å².